The summed E-state index contributed by atoms with van der Waals surface area (Å²) in [5.74, 6) is 0.778. The second-order valence-corrected chi connectivity index (χ2v) is 3.93. The van der Waals surface area contributed by atoms with Crippen LogP contribution in [0.1, 0.15) is 0 Å². The van der Waals surface area contributed by atoms with Gasteiger partial charge in [-0.15, -0.1) is 11.3 Å². The van der Waals surface area contributed by atoms with Crippen LogP contribution >= 0.6 is 11.3 Å². The molecule has 0 spiro atoms. The van der Waals surface area contributed by atoms with E-state index in [4.69, 9.17) is 4.42 Å². The monoisotopic (exact) mass is 204 g/mol. The first-order chi connectivity index (χ1) is 6.88. The molecule has 3 aromatic rings. The topological polar surface area (TPSA) is 38.1 Å². The lowest BCUT2D eigenvalue weighted by Gasteiger charge is -1.89. The molecule has 70 valence electrons. The van der Waals surface area contributed by atoms with Crippen molar-refractivity contribution in [2.24, 2.45) is 0 Å². The van der Waals surface area contributed by atoms with Crippen molar-refractivity contribution in [1.82, 2.24) is 4.98 Å². The summed E-state index contributed by atoms with van der Waals surface area (Å²) in [5, 5.41) is 4.07. The van der Waals surface area contributed by atoms with Crippen LogP contribution in [0, 0.1) is 0 Å². The molecule has 4 heteroatoms. The van der Waals surface area contributed by atoms with E-state index in [0.29, 0.717) is 0 Å². The Kier molecular flexibility index (Phi) is 1.52. The van der Waals surface area contributed by atoms with Gasteiger partial charge in [0, 0.05) is 18.5 Å². The lowest BCUT2D eigenvalue weighted by Crippen LogP contribution is -1.81. The Labute approximate surface area is 84.4 Å². The number of fused-ring (bicyclic) bond motifs is 3. The highest BCUT2D eigenvalue weighted by Gasteiger charge is 2.08. The number of anilines is 1. The van der Waals surface area contributed by atoms with Gasteiger partial charge in [-0.25, -0.2) is 4.98 Å². The van der Waals surface area contributed by atoms with Gasteiger partial charge in [-0.05, 0) is 12.1 Å². The average Bonchev–Trinajstić information content (AvgIpc) is 2.82. The van der Waals surface area contributed by atoms with Gasteiger partial charge in [0.15, 0.2) is 11.5 Å². The number of aromatic nitrogens is 1. The Balaban J connectivity index is 2.49. The molecular formula is C10H8N2OS. The molecule has 2 heterocycles. The summed E-state index contributed by atoms with van der Waals surface area (Å²) < 4.78 is 6.78. The number of benzene rings is 1. The SMILES string of the molecule is CNc1cc2ccc3scnc3c2o1. The van der Waals surface area contributed by atoms with Crippen LogP contribution in [0.4, 0.5) is 5.88 Å². The van der Waals surface area contributed by atoms with Gasteiger partial charge < -0.3 is 9.73 Å². The first-order valence-corrected chi connectivity index (χ1v) is 5.20. The Morgan fingerprint density at radius 3 is 3.21 bits per heavy atom. The highest BCUT2D eigenvalue weighted by atomic mass is 32.1. The molecule has 1 aromatic carbocycles. The number of furan rings is 1. The van der Waals surface area contributed by atoms with Crippen LogP contribution in [-0.2, 0) is 0 Å². The molecule has 14 heavy (non-hydrogen) atoms. The average molecular weight is 204 g/mol. The molecule has 1 N–H and O–H groups in total. The maximum absolute atomic E-state index is 5.62. The molecule has 0 aliphatic rings. The molecule has 0 radical (unpaired) electrons. The first kappa shape index (κ1) is 7.82. The molecule has 0 bridgehead atoms. The van der Waals surface area contributed by atoms with E-state index in [0.717, 1.165) is 27.1 Å². The molecule has 0 aliphatic heterocycles. The summed E-state index contributed by atoms with van der Waals surface area (Å²) in [6.45, 7) is 0. The van der Waals surface area contributed by atoms with Crippen molar-refractivity contribution in [3.05, 3.63) is 23.7 Å². The smallest absolute Gasteiger partial charge is 0.194 e. The summed E-state index contributed by atoms with van der Waals surface area (Å²) in [5.41, 5.74) is 3.66. The molecule has 3 nitrogen and oxygen atoms in total. The van der Waals surface area contributed by atoms with Crippen LogP contribution < -0.4 is 5.32 Å². The van der Waals surface area contributed by atoms with Crippen molar-refractivity contribution >= 4 is 38.4 Å². The van der Waals surface area contributed by atoms with Crippen LogP contribution in [0.3, 0.4) is 0 Å². The molecule has 0 atom stereocenters. The maximum atomic E-state index is 5.62. The number of hydrogen-bond donors (Lipinski definition) is 1. The fourth-order valence-electron chi connectivity index (χ4n) is 1.55. The lowest BCUT2D eigenvalue weighted by molar-refractivity contribution is 0.634. The fraction of sp³-hybridized carbons (Fsp3) is 0.100. The van der Waals surface area contributed by atoms with Gasteiger partial charge in [-0.1, -0.05) is 0 Å². The van der Waals surface area contributed by atoms with Crippen LogP contribution in [0.25, 0.3) is 21.2 Å². The molecule has 0 unspecified atom stereocenters. The maximum Gasteiger partial charge on any atom is 0.194 e. The number of nitrogens with zero attached hydrogens (tertiary/aromatic N) is 1. The largest absolute Gasteiger partial charge is 0.438 e. The van der Waals surface area contributed by atoms with E-state index in [1.54, 1.807) is 11.3 Å². The molecule has 0 aliphatic carbocycles. The second kappa shape index (κ2) is 2.72. The predicted molar refractivity (Wildman–Crippen MR) is 58.9 cm³/mol. The van der Waals surface area contributed by atoms with Crippen LogP contribution in [0.2, 0.25) is 0 Å². The minimum Gasteiger partial charge on any atom is -0.438 e. The van der Waals surface area contributed by atoms with Gasteiger partial charge in [-0.3, -0.25) is 0 Å². The minimum atomic E-state index is 0.778. The van der Waals surface area contributed by atoms with Gasteiger partial charge >= 0.3 is 0 Å². The molecule has 3 rings (SSSR count). The molecule has 0 saturated carbocycles. The molecule has 2 aromatic heterocycles. The summed E-state index contributed by atoms with van der Waals surface area (Å²) in [4.78, 5) is 4.29. The van der Waals surface area contributed by atoms with E-state index in [2.05, 4.69) is 22.4 Å². The van der Waals surface area contributed by atoms with Gasteiger partial charge in [0.2, 0.25) is 0 Å². The fourth-order valence-corrected chi connectivity index (χ4v) is 2.22. The van der Waals surface area contributed by atoms with Gasteiger partial charge in [0.05, 0.1) is 10.2 Å². The molecule has 0 fully saturated rings. The van der Waals surface area contributed by atoms with Crippen molar-refractivity contribution < 1.29 is 4.42 Å². The zero-order valence-electron chi connectivity index (χ0n) is 7.57. The number of rotatable bonds is 1. The van der Waals surface area contributed by atoms with E-state index in [-0.39, 0.29) is 0 Å². The van der Waals surface area contributed by atoms with E-state index >= 15 is 0 Å². The number of nitrogens with one attached hydrogen (secondary N) is 1. The van der Waals surface area contributed by atoms with Crippen molar-refractivity contribution in [3.8, 4) is 0 Å². The Morgan fingerprint density at radius 2 is 2.36 bits per heavy atom. The number of hydrogen-bond acceptors (Lipinski definition) is 4. The Morgan fingerprint density at radius 1 is 1.43 bits per heavy atom. The summed E-state index contributed by atoms with van der Waals surface area (Å²) >= 11 is 1.63. The molecular weight excluding hydrogens is 196 g/mol. The van der Waals surface area contributed by atoms with E-state index in [1.807, 2.05) is 18.6 Å². The standard InChI is InChI=1S/C10H8N2OS/c1-11-8-4-6-2-3-7-9(10(6)13-8)12-5-14-7/h2-5,11H,1H3. The van der Waals surface area contributed by atoms with Crippen molar-refractivity contribution in [2.45, 2.75) is 0 Å². The summed E-state index contributed by atoms with van der Waals surface area (Å²) in [6, 6.07) is 6.11. The lowest BCUT2D eigenvalue weighted by atomic mass is 10.2. The van der Waals surface area contributed by atoms with Gasteiger partial charge in [-0.2, -0.15) is 0 Å². The Bertz CT molecular complexity index is 596. The summed E-state index contributed by atoms with van der Waals surface area (Å²) in [6.07, 6.45) is 0. The van der Waals surface area contributed by atoms with Crippen molar-refractivity contribution in [3.63, 3.8) is 0 Å². The van der Waals surface area contributed by atoms with Crippen LogP contribution in [0.15, 0.2) is 28.1 Å². The summed E-state index contributed by atoms with van der Waals surface area (Å²) in [7, 11) is 1.84. The normalized spacial score (nSPS) is 11.2. The first-order valence-electron chi connectivity index (χ1n) is 4.32. The highest BCUT2D eigenvalue weighted by Crippen LogP contribution is 2.30. The van der Waals surface area contributed by atoms with E-state index in [1.165, 1.54) is 0 Å². The minimum absolute atomic E-state index is 0.778. The third kappa shape index (κ3) is 0.943. The van der Waals surface area contributed by atoms with Crippen molar-refractivity contribution in [1.29, 1.82) is 0 Å². The number of thiazole rings is 1. The zero-order chi connectivity index (χ0) is 9.54. The third-order valence-corrected chi connectivity index (χ3v) is 3.03. The molecule has 0 amide bonds. The van der Waals surface area contributed by atoms with Crippen LogP contribution in [0.5, 0.6) is 0 Å². The van der Waals surface area contributed by atoms with Gasteiger partial charge in [0.1, 0.15) is 5.52 Å². The highest BCUT2D eigenvalue weighted by molar-refractivity contribution is 7.16. The second-order valence-electron chi connectivity index (χ2n) is 3.04. The third-order valence-electron chi connectivity index (χ3n) is 2.23. The zero-order valence-corrected chi connectivity index (χ0v) is 8.39. The quantitative estimate of drug-likeness (QED) is 0.662. The molecule has 0 saturated heterocycles. The van der Waals surface area contributed by atoms with E-state index in [9.17, 15) is 0 Å². The predicted octanol–water partition coefficient (Wildman–Crippen LogP) is 3.08. The van der Waals surface area contributed by atoms with Crippen LogP contribution in [-0.4, -0.2) is 12.0 Å². The van der Waals surface area contributed by atoms with Crippen molar-refractivity contribution in [2.75, 3.05) is 12.4 Å². The Hall–Kier alpha value is -1.55. The van der Waals surface area contributed by atoms with Gasteiger partial charge in [0.25, 0.3) is 0 Å². The van der Waals surface area contributed by atoms with E-state index < -0.39 is 0 Å².